The van der Waals surface area contributed by atoms with Crippen LogP contribution in [0.3, 0.4) is 0 Å². The van der Waals surface area contributed by atoms with Gasteiger partial charge in [0.2, 0.25) is 0 Å². The molecule has 0 aromatic heterocycles. The van der Waals surface area contributed by atoms with Crippen molar-refractivity contribution in [3.05, 3.63) is 84.4 Å². The Balaban J connectivity index is 1.57. The van der Waals surface area contributed by atoms with Gasteiger partial charge < -0.3 is 0 Å². The summed E-state index contributed by atoms with van der Waals surface area (Å²) < 4.78 is 36.4. The van der Waals surface area contributed by atoms with E-state index in [9.17, 15) is 4.79 Å². The molecule has 6 rings (SSSR count). The first kappa shape index (κ1) is 15.7. The summed E-state index contributed by atoms with van der Waals surface area (Å²) >= 11 is 0. The van der Waals surface area contributed by atoms with Crippen LogP contribution in [-0.2, 0) is 13.8 Å². The van der Waals surface area contributed by atoms with Gasteiger partial charge in [0, 0.05) is 0 Å². The molecular weight excluding hydrogens is 383 g/mol. The topological polar surface area (TPSA) is 72.5 Å². The fraction of sp³-hybridized carbons (Fsp3) is 0.0500. The number of hydrogen-bond donors (Lipinski definition) is 0. The summed E-state index contributed by atoms with van der Waals surface area (Å²) in [5.74, 6) is 0.474. The Morgan fingerprint density at radius 3 is 1.46 bits per heavy atom. The normalized spacial score (nSPS) is 26.1. The number of fused-ring (bicyclic) bond motifs is 2. The molecule has 3 aliphatic rings. The maximum atomic E-state index is 13.0. The molecule has 3 aromatic carbocycles. The van der Waals surface area contributed by atoms with Gasteiger partial charge in [0.15, 0.2) is 0 Å². The molecule has 3 aromatic rings. The van der Waals surface area contributed by atoms with Gasteiger partial charge in [-0.15, -0.1) is 0 Å². The molecule has 3 heterocycles. The van der Waals surface area contributed by atoms with Crippen LogP contribution in [0.15, 0.2) is 78.9 Å². The van der Waals surface area contributed by atoms with Crippen LogP contribution < -0.4 is 18.1 Å². The van der Waals surface area contributed by atoms with Crippen molar-refractivity contribution in [2.75, 3.05) is 0 Å². The van der Waals surface area contributed by atoms with Crippen molar-refractivity contribution in [1.82, 2.24) is 0 Å². The van der Waals surface area contributed by atoms with Crippen LogP contribution in [0.5, 0.6) is 23.0 Å². The van der Waals surface area contributed by atoms with E-state index in [2.05, 4.69) is 0 Å². The minimum atomic E-state index is -5.93. The molecule has 0 radical (unpaired) electrons. The van der Waals surface area contributed by atoms with Gasteiger partial charge in [-0.2, -0.15) is 0 Å². The molecule has 1 saturated heterocycles. The van der Waals surface area contributed by atoms with Crippen LogP contribution >= 0.6 is 7.31 Å². The average Bonchev–Trinajstić information content (AvgIpc) is 3.26. The molecule has 142 valence electrons. The second-order valence-electron chi connectivity index (χ2n) is 6.68. The predicted octanol–water partition coefficient (Wildman–Crippen LogP) is 4.82. The van der Waals surface area contributed by atoms with Crippen molar-refractivity contribution in [2.24, 2.45) is 0 Å². The molecule has 8 heteroatoms. The predicted molar refractivity (Wildman–Crippen MR) is 98.7 cm³/mol. The first-order chi connectivity index (χ1) is 13.5. The summed E-state index contributed by atoms with van der Waals surface area (Å²) in [5, 5.41) is 0. The SMILES string of the molecule is O=C1O[P-]23(Oc4ccccc4O2)(Oc2ccccc2O3)OC1c1ccccc1. The fourth-order valence-electron chi connectivity index (χ4n) is 3.61. The third-order valence-corrected chi connectivity index (χ3v) is 8.22. The number of rotatable bonds is 1. The number of carbonyl (C=O) groups excluding carboxylic acids is 1. The van der Waals surface area contributed by atoms with Gasteiger partial charge >= 0.3 is 159 Å². The van der Waals surface area contributed by atoms with Crippen LogP contribution in [0.25, 0.3) is 0 Å². The van der Waals surface area contributed by atoms with Crippen molar-refractivity contribution < 1.29 is 31.9 Å². The molecule has 0 aliphatic carbocycles. The van der Waals surface area contributed by atoms with Crippen molar-refractivity contribution in [1.29, 1.82) is 0 Å². The number of para-hydroxylation sites is 4. The van der Waals surface area contributed by atoms with Crippen molar-refractivity contribution in [2.45, 2.75) is 6.10 Å². The first-order valence-corrected chi connectivity index (χ1v) is 10.9. The van der Waals surface area contributed by atoms with Gasteiger partial charge in [-0.1, -0.05) is 0 Å². The summed E-state index contributed by atoms with van der Waals surface area (Å²) in [6.07, 6.45) is -1.14. The molecule has 1 unspecified atom stereocenters. The van der Waals surface area contributed by atoms with E-state index in [0.29, 0.717) is 28.6 Å². The quantitative estimate of drug-likeness (QED) is 0.545. The van der Waals surface area contributed by atoms with Gasteiger partial charge in [-0.05, 0) is 0 Å². The Kier molecular flexibility index (Phi) is 2.57. The summed E-state index contributed by atoms with van der Waals surface area (Å²) in [4.78, 5) is 13.0. The maximum absolute atomic E-state index is 13.0. The van der Waals surface area contributed by atoms with Gasteiger partial charge in [0.1, 0.15) is 0 Å². The fourth-order valence-corrected chi connectivity index (χ4v) is 7.51. The van der Waals surface area contributed by atoms with Gasteiger partial charge in [0.25, 0.3) is 0 Å². The molecule has 1 atom stereocenters. The van der Waals surface area contributed by atoms with Crippen molar-refractivity contribution >= 4 is 13.3 Å². The Labute approximate surface area is 159 Å². The molecule has 0 bridgehead atoms. The molecule has 28 heavy (non-hydrogen) atoms. The van der Waals surface area contributed by atoms with Gasteiger partial charge in [-0.25, -0.2) is 0 Å². The molecule has 1 spiro atoms. The van der Waals surface area contributed by atoms with Crippen LogP contribution in [0.2, 0.25) is 0 Å². The number of benzene rings is 3. The van der Waals surface area contributed by atoms with Crippen LogP contribution in [0.1, 0.15) is 11.7 Å². The summed E-state index contributed by atoms with van der Waals surface area (Å²) in [6.45, 7) is 0. The van der Waals surface area contributed by atoms with Gasteiger partial charge in [-0.3, -0.25) is 0 Å². The summed E-state index contributed by atoms with van der Waals surface area (Å²) in [7, 11) is -5.93. The number of hydrogen-bond acceptors (Lipinski definition) is 7. The zero-order chi connectivity index (χ0) is 18.9. The molecule has 3 aliphatic heterocycles. The Morgan fingerprint density at radius 2 is 1.00 bits per heavy atom. The summed E-state index contributed by atoms with van der Waals surface area (Å²) in [5.41, 5.74) is 0.566. The molecule has 7 nitrogen and oxygen atoms in total. The van der Waals surface area contributed by atoms with Gasteiger partial charge in [0.05, 0.1) is 0 Å². The first-order valence-electron chi connectivity index (χ1n) is 8.70. The molecule has 0 amide bonds. The van der Waals surface area contributed by atoms with Crippen molar-refractivity contribution in [3.8, 4) is 23.0 Å². The molecule has 1 fully saturated rings. The molecule has 0 N–H and O–H groups in total. The van der Waals surface area contributed by atoms with E-state index in [0.717, 1.165) is 0 Å². The van der Waals surface area contributed by atoms with E-state index < -0.39 is 19.4 Å². The molecular formula is C20H14O7P-. The van der Waals surface area contributed by atoms with E-state index >= 15 is 0 Å². The average molecular weight is 397 g/mol. The zero-order valence-corrected chi connectivity index (χ0v) is 15.3. The Bertz CT molecular complexity index is 1040. The second-order valence-corrected chi connectivity index (χ2v) is 10.0. The van der Waals surface area contributed by atoms with Crippen LogP contribution in [0, 0.1) is 0 Å². The van der Waals surface area contributed by atoms with E-state index in [4.69, 9.17) is 27.1 Å². The van der Waals surface area contributed by atoms with Crippen LogP contribution in [0.4, 0.5) is 0 Å². The monoisotopic (exact) mass is 397 g/mol. The Morgan fingerprint density at radius 1 is 0.571 bits per heavy atom. The van der Waals surface area contributed by atoms with Crippen LogP contribution in [-0.4, -0.2) is 5.97 Å². The third kappa shape index (κ3) is 1.82. The Hall–Kier alpha value is -3.28. The van der Waals surface area contributed by atoms with E-state index in [-0.39, 0.29) is 0 Å². The summed E-state index contributed by atoms with van der Waals surface area (Å²) in [6, 6.07) is 22.6. The second kappa shape index (κ2) is 4.58. The number of carbonyl (C=O) groups is 1. The van der Waals surface area contributed by atoms with E-state index in [1.165, 1.54) is 0 Å². The minimum absolute atomic E-state index is 0.298. The molecule has 0 saturated carbocycles. The van der Waals surface area contributed by atoms with Crippen molar-refractivity contribution in [3.63, 3.8) is 0 Å². The van der Waals surface area contributed by atoms with E-state index in [1.807, 2.05) is 6.07 Å². The van der Waals surface area contributed by atoms with E-state index in [1.54, 1.807) is 72.8 Å². The third-order valence-electron chi connectivity index (χ3n) is 4.75. The standard InChI is InChI=1S/C20H14O7P/c21-20-19(14-8-2-1-3-9-14)26-28(27-20,22-15-10-4-5-11-16(15)23-28)24-17-12-6-7-13-18(17)25-28/h1-13,19H/q-1. The zero-order valence-electron chi connectivity index (χ0n) is 14.4.